The summed E-state index contributed by atoms with van der Waals surface area (Å²) in [5.41, 5.74) is 1.94. The number of carbonyl (C=O) groups excluding carboxylic acids is 1. The molecule has 0 unspecified atom stereocenters. The minimum absolute atomic E-state index is 0.0209. The van der Waals surface area contributed by atoms with Crippen molar-refractivity contribution in [1.29, 1.82) is 0 Å². The number of aliphatic carboxylic acids is 1. The summed E-state index contributed by atoms with van der Waals surface area (Å²) in [6.07, 6.45) is 7.05. The molecule has 0 bridgehead atoms. The van der Waals surface area contributed by atoms with Crippen molar-refractivity contribution in [3.63, 3.8) is 0 Å². The lowest BCUT2D eigenvalue weighted by Gasteiger charge is -2.23. The zero-order valence-electron chi connectivity index (χ0n) is 22.5. The van der Waals surface area contributed by atoms with Gasteiger partial charge in [-0.2, -0.15) is 0 Å². The lowest BCUT2D eigenvalue weighted by molar-refractivity contribution is -0.139. The van der Waals surface area contributed by atoms with Crippen LogP contribution in [0.1, 0.15) is 48.0 Å². The maximum atomic E-state index is 13.7. The van der Waals surface area contributed by atoms with Crippen LogP contribution in [0.2, 0.25) is 0 Å². The predicted octanol–water partition coefficient (Wildman–Crippen LogP) is 5.35. The summed E-state index contributed by atoms with van der Waals surface area (Å²) in [5, 5.41) is 22.0. The highest BCUT2D eigenvalue weighted by Crippen LogP contribution is 2.25. The van der Waals surface area contributed by atoms with Crippen LogP contribution in [-0.2, 0) is 11.2 Å². The van der Waals surface area contributed by atoms with E-state index in [2.05, 4.69) is 5.32 Å². The molecule has 1 aliphatic carbocycles. The summed E-state index contributed by atoms with van der Waals surface area (Å²) in [4.78, 5) is 39.2. The minimum atomic E-state index is -1.22. The molecule has 41 heavy (non-hydrogen) atoms. The number of hydrogen-bond donors (Lipinski definition) is 3. The van der Waals surface area contributed by atoms with E-state index in [9.17, 15) is 24.6 Å². The molecule has 0 saturated heterocycles. The molecule has 1 aromatic heterocycles. The summed E-state index contributed by atoms with van der Waals surface area (Å²) in [6.45, 7) is 0. The molecule has 8 nitrogen and oxygen atoms in total. The largest absolute Gasteiger partial charge is 0.508 e. The van der Waals surface area contributed by atoms with Gasteiger partial charge in [-0.15, -0.1) is 0 Å². The number of amides is 1. The van der Waals surface area contributed by atoms with E-state index in [4.69, 9.17) is 4.74 Å². The van der Waals surface area contributed by atoms with E-state index < -0.39 is 17.9 Å². The number of rotatable bonds is 9. The summed E-state index contributed by atoms with van der Waals surface area (Å²) >= 11 is 0. The number of aromatic nitrogens is 1. The summed E-state index contributed by atoms with van der Waals surface area (Å²) in [5.74, 6) is -1.11. The van der Waals surface area contributed by atoms with Gasteiger partial charge in [0.05, 0.1) is 17.4 Å². The lowest BCUT2D eigenvalue weighted by Crippen LogP contribution is -2.42. The van der Waals surface area contributed by atoms with E-state index >= 15 is 0 Å². The first kappa shape index (κ1) is 27.7. The summed E-state index contributed by atoms with van der Waals surface area (Å²) in [7, 11) is 0. The number of aromatic hydroxyl groups is 1. The van der Waals surface area contributed by atoms with Crippen LogP contribution in [0.25, 0.3) is 16.8 Å². The van der Waals surface area contributed by atoms with Gasteiger partial charge in [0.25, 0.3) is 11.5 Å². The van der Waals surface area contributed by atoms with E-state index in [1.807, 2.05) is 30.3 Å². The third kappa shape index (κ3) is 6.84. The van der Waals surface area contributed by atoms with Crippen LogP contribution in [0, 0.1) is 0 Å². The Morgan fingerprint density at radius 3 is 2.37 bits per heavy atom. The normalized spacial score (nSPS) is 14.2. The van der Waals surface area contributed by atoms with Gasteiger partial charge in [-0.25, -0.2) is 4.79 Å². The van der Waals surface area contributed by atoms with Crippen LogP contribution in [0.5, 0.6) is 11.5 Å². The van der Waals surface area contributed by atoms with Gasteiger partial charge >= 0.3 is 5.97 Å². The summed E-state index contributed by atoms with van der Waals surface area (Å²) < 4.78 is 7.62. The second-order valence-corrected chi connectivity index (χ2v) is 10.3. The number of hydrogen-bond acceptors (Lipinski definition) is 5. The molecule has 1 fully saturated rings. The molecular weight excluding hydrogens is 520 g/mol. The number of carboxylic acids is 1. The average molecular weight is 553 g/mol. The van der Waals surface area contributed by atoms with E-state index in [1.54, 1.807) is 36.4 Å². The van der Waals surface area contributed by atoms with E-state index in [1.165, 1.54) is 35.4 Å². The molecular formula is C33H32N2O6. The predicted molar refractivity (Wildman–Crippen MR) is 156 cm³/mol. The highest BCUT2D eigenvalue weighted by atomic mass is 16.5. The number of carboxylic acid groups (broad SMARTS) is 1. The average Bonchev–Trinajstić information content (AvgIpc) is 2.99. The van der Waals surface area contributed by atoms with Crippen molar-refractivity contribution in [1.82, 2.24) is 9.88 Å². The number of carbonyl (C=O) groups is 2. The Balaban J connectivity index is 1.49. The van der Waals surface area contributed by atoms with Crippen LogP contribution < -0.4 is 15.6 Å². The Morgan fingerprint density at radius 1 is 0.927 bits per heavy atom. The summed E-state index contributed by atoms with van der Waals surface area (Å²) in [6, 6.07) is 22.7. The third-order valence-electron chi connectivity index (χ3n) is 7.29. The fraction of sp³-hybridized carbons (Fsp3) is 0.242. The first-order chi connectivity index (χ1) is 19.9. The molecule has 1 amide bonds. The molecule has 3 N–H and O–H groups in total. The third-order valence-corrected chi connectivity index (χ3v) is 7.29. The van der Waals surface area contributed by atoms with Gasteiger partial charge in [0.1, 0.15) is 17.5 Å². The lowest BCUT2D eigenvalue weighted by atomic mass is 9.98. The molecule has 1 saturated carbocycles. The quantitative estimate of drug-likeness (QED) is 0.258. The first-order valence-corrected chi connectivity index (χ1v) is 13.8. The fourth-order valence-corrected chi connectivity index (χ4v) is 5.11. The maximum absolute atomic E-state index is 13.7. The Labute approximate surface area is 237 Å². The van der Waals surface area contributed by atoms with Crippen LogP contribution in [0.3, 0.4) is 0 Å². The highest BCUT2D eigenvalue weighted by Gasteiger charge is 2.23. The van der Waals surface area contributed by atoms with E-state index in [-0.39, 0.29) is 29.4 Å². The Hall–Kier alpha value is -4.85. The van der Waals surface area contributed by atoms with Crippen molar-refractivity contribution < 1.29 is 24.5 Å². The molecule has 0 aliphatic heterocycles. The van der Waals surface area contributed by atoms with Gasteiger partial charge in [-0.05, 0) is 67.1 Å². The second-order valence-electron chi connectivity index (χ2n) is 10.3. The number of ether oxygens (including phenoxy) is 1. The van der Waals surface area contributed by atoms with Gasteiger partial charge < -0.3 is 20.3 Å². The minimum Gasteiger partial charge on any atom is -0.508 e. The molecule has 8 heteroatoms. The zero-order chi connectivity index (χ0) is 28.8. The molecule has 1 aliphatic rings. The number of phenolic OH excluding ortho intramolecular Hbond substituents is 1. The number of phenols is 1. The molecule has 4 aromatic rings. The van der Waals surface area contributed by atoms with Crippen LogP contribution >= 0.6 is 0 Å². The Morgan fingerprint density at radius 2 is 1.66 bits per heavy atom. The van der Waals surface area contributed by atoms with Gasteiger partial charge in [-0.3, -0.25) is 14.2 Å². The van der Waals surface area contributed by atoms with Crippen molar-refractivity contribution in [2.45, 2.75) is 50.7 Å². The van der Waals surface area contributed by atoms with Crippen molar-refractivity contribution in [2.75, 3.05) is 0 Å². The van der Waals surface area contributed by atoms with E-state index in [0.717, 1.165) is 25.7 Å². The fourth-order valence-electron chi connectivity index (χ4n) is 5.11. The van der Waals surface area contributed by atoms with Crippen molar-refractivity contribution in [3.05, 3.63) is 113 Å². The van der Waals surface area contributed by atoms with E-state index in [0.29, 0.717) is 28.1 Å². The second kappa shape index (κ2) is 12.6. The van der Waals surface area contributed by atoms with Crippen molar-refractivity contribution >= 4 is 11.9 Å². The smallest absolute Gasteiger partial charge is 0.326 e. The number of benzene rings is 3. The number of pyridine rings is 1. The number of nitrogens with one attached hydrogen (secondary N) is 1. The van der Waals surface area contributed by atoms with Crippen LogP contribution in [-0.4, -0.2) is 38.8 Å². The number of nitrogens with zero attached hydrogens (tertiary/aromatic N) is 1. The molecule has 1 heterocycles. The molecule has 0 radical (unpaired) electrons. The van der Waals surface area contributed by atoms with Gasteiger partial charge in [0.15, 0.2) is 0 Å². The Bertz CT molecular complexity index is 1570. The van der Waals surface area contributed by atoms with Gasteiger partial charge in [0, 0.05) is 24.2 Å². The van der Waals surface area contributed by atoms with Crippen LogP contribution in [0.4, 0.5) is 0 Å². The molecule has 210 valence electrons. The standard InChI is InChI=1S/C33H32N2O6/c36-26-16-14-22(15-17-26)18-30(33(39)40)34-31(37)24-19-29(23-8-3-1-4-9-23)32(38)35(21-24)25-10-7-13-28(20-25)41-27-11-5-2-6-12-27/h1,3-4,7-10,13-17,19-21,27,30,36H,2,5-6,11-12,18H2,(H,34,37)(H,39,40)/t30-/m0/s1. The molecule has 5 rings (SSSR count). The van der Waals surface area contributed by atoms with Gasteiger partial charge in [0.2, 0.25) is 0 Å². The first-order valence-electron chi connectivity index (χ1n) is 13.8. The highest BCUT2D eigenvalue weighted by molar-refractivity contribution is 5.97. The van der Waals surface area contributed by atoms with Crippen LogP contribution in [0.15, 0.2) is 95.9 Å². The molecule has 3 aromatic carbocycles. The zero-order valence-corrected chi connectivity index (χ0v) is 22.5. The molecule has 0 spiro atoms. The van der Waals surface area contributed by atoms with Crippen molar-refractivity contribution in [2.24, 2.45) is 0 Å². The Kier molecular flexibility index (Phi) is 8.48. The maximum Gasteiger partial charge on any atom is 0.326 e. The topological polar surface area (TPSA) is 118 Å². The monoisotopic (exact) mass is 552 g/mol. The van der Waals surface area contributed by atoms with Gasteiger partial charge in [-0.1, -0.05) is 55.0 Å². The van der Waals surface area contributed by atoms with Crippen molar-refractivity contribution in [3.8, 4) is 28.3 Å². The SMILES string of the molecule is O=C(N[C@@H](Cc1ccc(O)cc1)C(=O)O)c1cc(-c2ccccc2)c(=O)n(-c2cccc(OC3CCCCC3)c2)c1. The molecule has 1 atom stereocenters.